The van der Waals surface area contributed by atoms with E-state index >= 15 is 0 Å². The molecule has 1 amide bonds. The lowest BCUT2D eigenvalue weighted by atomic mass is 10.0. The van der Waals surface area contributed by atoms with Gasteiger partial charge in [0.2, 0.25) is 0 Å². The predicted molar refractivity (Wildman–Crippen MR) is 107 cm³/mol. The number of aryl methyl sites for hydroxylation is 2. The van der Waals surface area contributed by atoms with Gasteiger partial charge in [0.05, 0.1) is 6.04 Å². The van der Waals surface area contributed by atoms with Gasteiger partial charge in [0, 0.05) is 0 Å². The number of amides is 1. The predicted octanol–water partition coefficient (Wildman–Crippen LogP) is 5.10. The largest absolute Gasteiger partial charge is 0.481 e. The van der Waals surface area contributed by atoms with E-state index in [0.29, 0.717) is 5.75 Å². The van der Waals surface area contributed by atoms with Crippen LogP contribution in [-0.2, 0) is 4.79 Å². The summed E-state index contributed by atoms with van der Waals surface area (Å²) < 4.78 is 5.85. The summed E-state index contributed by atoms with van der Waals surface area (Å²) in [5.74, 6) is 0.578. The lowest BCUT2D eigenvalue weighted by Crippen LogP contribution is -2.37. The van der Waals surface area contributed by atoms with Crippen molar-refractivity contribution in [3.05, 3.63) is 77.4 Å². The normalized spacial score (nSPS) is 13.2. The van der Waals surface area contributed by atoms with E-state index in [1.165, 1.54) is 11.1 Å². The third-order valence-electron chi connectivity index (χ3n) is 4.79. The van der Waals surface area contributed by atoms with E-state index in [1.54, 1.807) is 6.92 Å². The maximum absolute atomic E-state index is 12.5. The quantitative estimate of drug-likeness (QED) is 0.697. The Balaban J connectivity index is 1.65. The summed E-state index contributed by atoms with van der Waals surface area (Å²) in [6, 6.07) is 20.2. The van der Waals surface area contributed by atoms with Gasteiger partial charge in [-0.25, -0.2) is 0 Å². The van der Waals surface area contributed by atoms with Crippen molar-refractivity contribution in [2.75, 3.05) is 0 Å². The van der Waals surface area contributed by atoms with Crippen LogP contribution < -0.4 is 10.1 Å². The van der Waals surface area contributed by atoms with Crippen molar-refractivity contribution in [1.82, 2.24) is 5.32 Å². The van der Waals surface area contributed by atoms with Crippen LogP contribution in [-0.4, -0.2) is 12.0 Å². The van der Waals surface area contributed by atoms with Gasteiger partial charge in [0.25, 0.3) is 5.91 Å². The van der Waals surface area contributed by atoms with Crippen LogP contribution >= 0.6 is 0 Å². The molecule has 0 spiro atoms. The molecule has 0 saturated heterocycles. The zero-order valence-electron chi connectivity index (χ0n) is 15.7. The van der Waals surface area contributed by atoms with Crippen LogP contribution in [0.5, 0.6) is 5.75 Å². The second-order valence-corrected chi connectivity index (χ2v) is 6.84. The third kappa shape index (κ3) is 4.05. The fraction of sp³-hybridized carbons (Fsp3) is 0.261. The van der Waals surface area contributed by atoms with E-state index in [9.17, 15) is 4.79 Å². The Bertz CT molecular complexity index is 932. The summed E-state index contributed by atoms with van der Waals surface area (Å²) in [5.41, 5.74) is 3.57. The first kappa shape index (κ1) is 18.0. The molecule has 3 nitrogen and oxygen atoms in total. The molecular weight excluding hydrogens is 322 g/mol. The highest BCUT2D eigenvalue weighted by atomic mass is 16.5. The Morgan fingerprint density at radius 3 is 2.35 bits per heavy atom. The van der Waals surface area contributed by atoms with Gasteiger partial charge in [-0.15, -0.1) is 0 Å². The second kappa shape index (κ2) is 7.61. The number of hydrogen-bond donors (Lipinski definition) is 1. The maximum Gasteiger partial charge on any atom is 0.261 e. The van der Waals surface area contributed by atoms with Crippen LogP contribution in [0.4, 0.5) is 0 Å². The minimum Gasteiger partial charge on any atom is -0.481 e. The topological polar surface area (TPSA) is 38.3 Å². The van der Waals surface area contributed by atoms with Crippen molar-refractivity contribution in [2.45, 2.75) is 39.8 Å². The van der Waals surface area contributed by atoms with Gasteiger partial charge in [-0.2, -0.15) is 0 Å². The molecule has 0 aromatic heterocycles. The summed E-state index contributed by atoms with van der Waals surface area (Å²) in [4.78, 5) is 12.5. The summed E-state index contributed by atoms with van der Waals surface area (Å²) >= 11 is 0. The average Bonchev–Trinajstić information content (AvgIpc) is 2.63. The number of hydrogen-bond acceptors (Lipinski definition) is 2. The fourth-order valence-corrected chi connectivity index (χ4v) is 2.95. The first-order valence-electron chi connectivity index (χ1n) is 8.97. The molecular formula is C23H25NO2. The van der Waals surface area contributed by atoms with Crippen LogP contribution in [0, 0.1) is 13.8 Å². The molecule has 0 aliphatic rings. The number of benzene rings is 3. The Kier molecular flexibility index (Phi) is 5.27. The van der Waals surface area contributed by atoms with Crippen LogP contribution in [0.15, 0.2) is 60.7 Å². The van der Waals surface area contributed by atoms with Gasteiger partial charge in [0.1, 0.15) is 5.75 Å². The van der Waals surface area contributed by atoms with Crippen molar-refractivity contribution in [1.29, 1.82) is 0 Å². The van der Waals surface area contributed by atoms with Crippen molar-refractivity contribution in [2.24, 2.45) is 0 Å². The molecule has 0 heterocycles. The summed E-state index contributed by atoms with van der Waals surface area (Å²) in [6.07, 6.45) is -0.565. The number of nitrogens with one attached hydrogen (secondary N) is 1. The molecule has 0 fully saturated rings. The molecule has 0 aliphatic heterocycles. The molecule has 3 aromatic carbocycles. The first-order chi connectivity index (χ1) is 12.4. The van der Waals surface area contributed by atoms with Gasteiger partial charge in [0.15, 0.2) is 6.10 Å². The van der Waals surface area contributed by atoms with Gasteiger partial charge < -0.3 is 10.1 Å². The average molecular weight is 347 g/mol. The standard InChI is InChI=1S/C23H25NO2/c1-15-9-10-20(13-16(15)2)17(3)24-23(25)18(4)26-22-12-11-19-7-5-6-8-21(19)14-22/h5-14,17-18H,1-4H3,(H,24,25)/t17-,18-/m0/s1. The van der Waals surface area contributed by atoms with Gasteiger partial charge in [-0.05, 0) is 67.3 Å². The Labute approximate surface area is 155 Å². The summed E-state index contributed by atoms with van der Waals surface area (Å²) in [6.45, 7) is 7.93. The van der Waals surface area contributed by atoms with Gasteiger partial charge in [-0.1, -0.05) is 48.5 Å². The van der Waals surface area contributed by atoms with Crippen LogP contribution in [0.25, 0.3) is 10.8 Å². The van der Waals surface area contributed by atoms with E-state index in [1.807, 2.05) is 43.3 Å². The number of fused-ring (bicyclic) bond motifs is 1. The SMILES string of the molecule is Cc1ccc([C@H](C)NC(=O)[C@H](C)Oc2ccc3ccccc3c2)cc1C. The molecule has 0 bridgehead atoms. The molecule has 0 radical (unpaired) electrons. The summed E-state index contributed by atoms with van der Waals surface area (Å²) in [5, 5.41) is 5.29. The summed E-state index contributed by atoms with van der Waals surface area (Å²) in [7, 11) is 0. The number of rotatable bonds is 5. The Morgan fingerprint density at radius 2 is 1.62 bits per heavy atom. The maximum atomic E-state index is 12.5. The molecule has 3 rings (SSSR count). The van der Waals surface area contributed by atoms with Crippen molar-refractivity contribution < 1.29 is 9.53 Å². The molecule has 0 saturated carbocycles. The minimum atomic E-state index is -0.565. The van der Waals surface area contributed by atoms with E-state index in [4.69, 9.17) is 4.74 Å². The molecule has 134 valence electrons. The van der Waals surface area contributed by atoms with Crippen molar-refractivity contribution in [3.63, 3.8) is 0 Å². The molecule has 0 aliphatic carbocycles. The molecule has 1 N–H and O–H groups in total. The highest BCUT2D eigenvalue weighted by Crippen LogP contribution is 2.22. The highest BCUT2D eigenvalue weighted by Gasteiger charge is 2.18. The van der Waals surface area contributed by atoms with E-state index in [2.05, 4.69) is 43.4 Å². The Hall–Kier alpha value is -2.81. The third-order valence-corrected chi connectivity index (χ3v) is 4.79. The first-order valence-corrected chi connectivity index (χ1v) is 8.97. The Morgan fingerprint density at radius 1 is 0.885 bits per heavy atom. The molecule has 0 unspecified atom stereocenters. The number of carbonyl (C=O) groups is 1. The van der Waals surface area contributed by atoms with Gasteiger partial charge >= 0.3 is 0 Å². The molecule has 2 atom stereocenters. The molecule has 26 heavy (non-hydrogen) atoms. The molecule has 3 heteroatoms. The smallest absolute Gasteiger partial charge is 0.261 e. The van der Waals surface area contributed by atoms with E-state index in [0.717, 1.165) is 16.3 Å². The number of ether oxygens (including phenoxy) is 1. The monoisotopic (exact) mass is 347 g/mol. The lowest BCUT2D eigenvalue weighted by Gasteiger charge is -2.20. The van der Waals surface area contributed by atoms with Crippen LogP contribution in [0.1, 0.15) is 36.6 Å². The number of carbonyl (C=O) groups excluding carboxylic acids is 1. The van der Waals surface area contributed by atoms with Crippen LogP contribution in [0.2, 0.25) is 0 Å². The minimum absolute atomic E-state index is 0.0653. The zero-order valence-corrected chi connectivity index (χ0v) is 15.7. The zero-order chi connectivity index (χ0) is 18.7. The lowest BCUT2D eigenvalue weighted by molar-refractivity contribution is -0.127. The fourth-order valence-electron chi connectivity index (χ4n) is 2.95. The molecule has 3 aromatic rings. The van der Waals surface area contributed by atoms with E-state index < -0.39 is 6.10 Å². The van der Waals surface area contributed by atoms with Crippen molar-refractivity contribution >= 4 is 16.7 Å². The van der Waals surface area contributed by atoms with Crippen LogP contribution in [0.3, 0.4) is 0 Å². The van der Waals surface area contributed by atoms with Crippen molar-refractivity contribution in [3.8, 4) is 5.75 Å². The highest BCUT2D eigenvalue weighted by molar-refractivity contribution is 5.84. The second-order valence-electron chi connectivity index (χ2n) is 6.84. The van der Waals surface area contributed by atoms with Gasteiger partial charge in [-0.3, -0.25) is 4.79 Å². The van der Waals surface area contributed by atoms with E-state index in [-0.39, 0.29) is 11.9 Å².